The van der Waals surface area contributed by atoms with E-state index in [-0.39, 0.29) is 5.78 Å². The maximum atomic E-state index is 12.2. The number of carboxylic acids is 2. The van der Waals surface area contributed by atoms with E-state index >= 15 is 0 Å². The van der Waals surface area contributed by atoms with Crippen molar-refractivity contribution < 1.29 is 29.7 Å². The molecule has 28 heavy (non-hydrogen) atoms. The molecule has 3 atom stereocenters. The zero-order chi connectivity index (χ0) is 20.7. The lowest BCUT2D eigenvalue weighted by Crippen LogP contribution is -2.29. The minimum absolute atomic E-state index is 0.0972. The van der Waals surface area contributed by atoms with Crippen LogP contribution in [0.5, 0.6) is 0 Å². The van der Waals surface area contributed by atoms with Gasteiger partial charge < -0.3 is 20.6 Å². The summed E-state index contributed by atoms with van der Waals surface area (Å²) in [6.45, 7) is 2.01. The van der Waals surface area contributed by atoms with Gasteiger partial charge in [-0.2, -0.15) is 0 Å². The van der Waals surface area contributed by atoms with Crippen LogP contribution in [0.4, 0.5) is 0 Å². The van der Waals surface area contributed by atoms with Gasteiger partial charge in [0.25, 0.3) is 0 Å². The van der Waals surface area contributed by atoms with Gasteiger partial charge in [-0.25, -0.2) is 0 Å². The Hall–Kier alpha value is -3.03. The number of hydrogen-bond acceptors (Lipinski definition) is 5. The van der Waals surface area contributed by atoms with Gasteiger partial charge in [-0.1, -0.05) is 48.5 Å². The zero-order valence-corrected chi connectivity index (χ0v) is 15.4. The van der Waals surface area contributed by atoms with Crippen LogP contribution < -0.4 is 5.32 Å². The van der Waals surface area contributed by atoms with E-state index in [0.717, 1.165) is 0 Å². The number of hydrogen-bond donors (Lipinski definition) is 4. The molecule has 1 heterocycles. The van der Waals surface area contributed by atoms with E-state index in [1.54, 1.807) is 55.5 Å². The van der Waals surface area contributed by atoms with Gasteiger partial charge in [-0.05, 0) is 18.6 Å². The van der Waals surface area contributed by atoms with E-state index in [1.807, 2.05) is 6.07 Å². The Morgan fingerprint density at radius 3 is 2.14 bits per heavy atom. The SMILES string of the molecule is CC(C(=O)O)c1cccc(C(=O)c2ccccc2)c1.O=C(O)C1CC(O)CN1. The maximum absolute atomic E-state index is 12.2. The normalized spacial score (nSPS) is 19.2. The van der Waals surface area contributed by atoms with Crippen LogP contribution in [0.3, 0.4) is 0 Å². The molecule has 7 heteroatoms. The number of rotatable bonds is 5. The van der Waals surface area contributed by atoms with Gasteiger partial charge in [-0.15, -0.1) is 0 Å². The monoisotopic (exact) mass is 385 g/mol. The molecule has 3 unspecified atom stereocenters. The third-order valence-electron chi connectivity index (χ3n) is 4.46. The predicted molar refractivity (Wildman–Crippen MR) is 102 cm³/mol. The van der Waals surface area contributed by atoms with Crippen LogP contribution in [0.1, 0.15) is 40.7 Å². The van der Waals surface area contributed by atoms with E-state index in [9.17, 15) is 14.4 Å². The van der Waals surface area contributed by atoms with Crippen LogP contribution in [-0.4, -0.2) is 51.7 Å². The van der Waals surface area contributed by atoms with Crippen molar-refractivity contribution in [2.24, 2.45) is 0 Å². The molecule has 0 spiro atoms. The van der Waals surface area contributed by atoms with Crippen molar-refractivity contribution in [2.75, 3.05) is 6.54 Å². The molecular formula is C21H23NO6. The third-order valence-corrected chi connectivity index (χ3v) is 4.46. The van der Waals surface area contributed by atoms with Crippen LogP contribution in [-0.2, 0) is 9.59 Å². The molecule has 1 aliphatic heterocycles. The lowest BCUT2D eigenvalue weighted by atomic mass is 9.96. The van der Waals surface area contributed by atoms with Crippen molar-refractivity contribution in [1.29, 1.82) is 0 Å². The molecule has 0 aromatic heterocycles. The van der Waals surface area contributed by atoms with Crippen molar-refractivity contribution in [3.8, 4) is 0 Å². The Labute approximate surface area is 162 Å². The average Bonchev–Trinajstić information content (AvgIpc) is 3.15. The fraction of sp³-hybridized carbons (Fsp3) is 0.286. The Balaban J connectivity index is 0.000000261. The van der Waals surface area contributed by atoms with E-state index in [4.69, 9.17) is 15.3 Å². The number of benzene rings is 2. The summed E-state index contributed by atoms with van der Waals surface area (Å²) in [5.41, 5.74) is 1.74. The maximum Gasteiger partial charge on any atom is 0.320 e. The summed E-state index contributed by atoms with van der Waals surface area (Å²) in [4.78, 5) is 33.4. The second-order valence-corrected chi connectivity index (χ2v) is 6.57. The lowest BCUT2D eigenvalue weighted by Gasteiger charge is -2.08. The number of aliphatic carboxylic acids is 2. The highest BCUT2D eigenvalue weighted by Gasteiger charge is 2.27. The van der Waals surface area contributed by atoms with E-state index in [2.05, 4.69) is 5.32 Å². The van der Waals surface area contributed by atoms with Gasteiger partial charge in [0, 0.05) is 24.1 Å². The first-order valence-corrected chi connectivity index (χ1v) is 8.86. The highest BCUT2D eigenvalue weighted by molar-refractivity contribution is 6.09. The van der Waals surface area contributed by atoms with Crippen molar-refractivity contribution in [3.63, 3.8) is 0 Å². The summed E-state index contributed by atoms with van der Waals surface area (Å²) >= 11 is 0. The molecule has 2 aromatic carbocycles. The Morgan fingerprint density at radius 1 is 1.00 bits per heavy atom. The second-order valence-electron chi connectivity index (χ2n) is 6.57. The molecule has 0 amide bonds. The smallest absolute Gasteiger partial charge is 0.320 e. The molecule has 0 saturated carbocycles. The molecule has 7 nitrogen and oxygen atoms in total. The zero-order valence-electron chi connectivity index (χ0n) is 15.4. The summed E-state index contributed by atoms with van der Waals surface area (Å²) in [6.07, 6.45) is -0.152. The molecule has 4 N–H and O–H groups in total. The van der Waals surface area contributed by atoms with E-state index < -0.39 is 30.0 Å². The molecule has 2 aromatic rings. The first kappa shape index (κ1) is 21.3. The summed E-state index contributed by atoms with van der Waals surface area (Å²) in [6, 6.07) is 15.2. The Bertz CT molecular complexity index is 836. The van der Waals surface area contributed by atoms with E-state index in [0.29, 0.717) is 29.7 Å². The number of nitrogens with one attached hydrogen (secondary N) is 1. The van der Waals surface area contributed by atoms with Crippen LogP contribution in [0.15, 0.2) is 54.6 Å². The summed E-state index contributed by atoms with van der Waals surface area (Å²) < 4.78 is 0. The van der Waals surface area contributed by atoms with Gasteiger partial charge in [0.15, 0.2) is 5.78 Å². The van der Waals surface area contributed by atoms with Crippen molar-refractivity contribution >= 4 is 17.7 Å². The third kappa shape index (κ3) is 5.73. The van der Waals surface area contributed by atoms with E-state index in [1.165, 1.54) is 0 Å². The quantitative estimate of drug-likeness (QED) is 0.580. The number of aliphatic hydroxyl groups excluding tert-OH is 1. The van der Waals surface area contributed by atoms with Gasteiger partial charge in [-0.3, -0.25) is 14.4 Å². The Morgan fingerprint density at radius 2 is 1.64 bits per heavy atom. The molecule has 0 bridgehead atoms. The number of β-amino-alcohol motifs (C(OH)–C–C–N with tert-alkyl or cyclic N) is 1. The lowest BCUT2D eigenvalue weighted by molar-refractivity contribution is -0.139. The van der Waals surface area contributed by atoms with Crippen LogP contribution in [0, 0.1) is 0 Å². The first-order chi connectivity index (χ1) is 13.3. The summed E-state index contributed by atoms with van der Waals surface area (Å²) in [7, 11) is 0. The highest BCUT2D eigenvalue weighted by atomic mass is 16.4. The molecule has 0 radical (unpaired) electrons. The van der Waals surface area contributed by atoms with Gasteiger partial charge >= 0.3 is 11.9 Å². The molecule has 1 saturated heterocycles. The predicted octanol–water partition coefficient (Wildman–Crippen LogP) is 1.90. The standard InChI is InChI=1S/C16H14O3.C5H9NO3/c1-11(16(18)19)13-8-5-9-14(10-13)15(17)12-6-3-2-4-7-12;7-3-1-4(5(8)9)6-2-3/h2-11H,1H3,(H,18,19);3-4,6-7H,1-2H2,(H,8,9). The number of carbonyl (C=O) groups is 3. The fourth-order valence-corrected chi connectivity index (χ4v) is 2.75. The second kappa shape index (κ2) is 9.77. The fourth-order valence-electron chi connectivity index (χ4n) is 2.75. The van der Waals surface area contributed by atoms with Crippen LogP contribution in [0.25, 0.3) is 0 Å². The number of carbonyl (C=O) groups excluding carboxylic acids is 1. The van der Waals surface area contributed by atoms with Crippen molar-refractivity contribution in [2.45, 2.75) is 31.4 Å². The summed E-state index contributed by atoms with van der Waals surface area (Å²) in [5, 5.41) is 28.8. The molecule has 1 aliphatic rings. The van der Waals surface area contributed by atoms with Crippen molar-refractivity contribution in [3.05, 3.63) is 71.3 Å². The molecule has 1 fully saturated rings. The topological polar surface area (TPSA) is 124 Å². The molecule has 148 valence electrons. The van der Waals surface area contributed by atoms with Crippen LogP contribution >= 0.6 is 0 Å². The molecular weight excluding hydrogens is 362 g/mol. The average molecular weight is 385 g/mol. The van der Waals surface area contributed by atoms with Crippen LogP contribution in [0.2, 0.25) is 0 Å². The first-order valence-electron chi connectivity index (χ1n) is 8.86. The minimum Gasteiger partial charge on any atom is -0.481 e. The van der Waals surface area contributed by atoms with Gasteiger partial charge in [0.05, 0.1) is 12.0 Å². The Kier molecular flexibility index (Phi) is 7.43. The molecule has 3 rings (SSSR count). The van der Waals surface area contributed by atoms with Gasteiger partial charge in [0.1, 0.15) is 6.04 Å². The molecule has 0 aliphatic carbocycles. The number of carboxylic acid groups (broad SMARTS) is 2. The number of aliphatic hydroxyl groups is 1. The largest absolute Gasteiger partial charge is 0.481 e. The van der Waals surface area contributed by atoms with Crippen molar-refractivity contribution in [1.82, 2.24) is 5.32 Å². The number of ketones is 1. The van der Waals surface area contributed by atoms with Gasteiger partial charge in [0.2, 0.25) is 0 Å². The highest BCUT2D eigenvalue weighted by Crippen LogP contribution is 2.18. The minimum atomic E-state index is -0.899. The summed E-state index contributed by atoms with van der Waals surface area (Å²) in [5.74, 6) is -2.50.